The normalized spacial score (nSPS) is 21.0. The Morgan fingerprint density at radius 2 is 1.79 bits per heavy atom. The number of carbonyl (C=O) groups is 2. The van der Waals surface area contributed by atoms with Gasteiger partial charge in [0.15, 0.2) is 9.84 Å². The first-order valence-electron chi connectivity index (χ1n) is 12.6. The zero-order valence-electron chi connectivity index (χ0n) is 20.7. The lowest BCUT2D eigenvalue weighted by atomic mass is 10.1. The summed E-state index contributed by atoms with van der Waals surface area (Å²) in [5.41, 5.74) is 2.16. The number of nitrogens with zero attached hydrogens (tertiary/aromatic N) is 2. The summed E-state index contributed by atoms with van der Waals surface area (Å²) in [5.74, 6) is -0.402. The van der Waals surface area contributed by atoms with Crippen LogP contribution in [-0.2, 0) is 14.6 Å². The minimum atomic E-state index is -3.15. The summed E-state index contributed by atoms with van der Waals surface area (Å²) in [5, 5.41) is 6.28. The number of sulfone groups is 1. The van der Waals surface area contributed by atoms with Crippen LogP contribution in [0.1, 0.15) is 34.7 Å². The molecule has 1 saturated carbocycles. The zero-order chi connectivity index (χ0) is 26.7. The molecule has 0 bridgehead atoms. The van der Waals surface area contributed by atoms with Crippen molar-refractivity contribution >= 4 is 21.7 Å². The van der Waals surface area contributed by atoms with Gasteiger partial charge in [0.1, 0.15) is 18.1 Å². The summed E-state index contributed by atoms with van der Waals surface area (Å²) in [4.78, 5) is 32.0. The number of hydrogen-bond donors (Lipinski definition) is 2. The lowest BCUT2D eigenvalue weighted by molar-refractivity contribution is -0.133. The number of carbonyl (C=O) groups excluding carboxylic acids is 2. The number of aromatic nitrogens is 1. The van der Waals surface area contributed by atoms with E-state index >= 15 is 0 Å². The van der Waals surface area contributed by atoms with Crippen LogP contribution in [0.2, 0.25) is 0 Å². The smallest absolute Gasteiger partial charge is 0.251 e. The van der Waals surface area contributed by atoms with Gasteiger partial charge in [-0.3, -0.25) is 9.59 Å². The highest BCUT2D eigenvalue weighted by atomic mass is 32.2. The quantitative estimate of drug-likeness (QED) is 0.427. The van der Waals surface area contributed by atoms with Gasteiger partial charge in [-0.15, -0.1) is 0 Å². The first-order valence-corrected chi connectivity index (χ1v) is 14.4. The van der Waals surface area contributed by atoms with Crippen molar-refractivity contribution in [3.8, 4) is 11.5 Å². The van der Waals surface area contributed by atoms with Gasteiger partial charge >= 0.3 is 0 Å². The van der Waals surface area contributed by atoms with Crippen LogP contribution >= 0.6 is 0 Å². The van der Waals surface area contributed by atoms with Gasteiger partial charge in [-0.05, 0) is 61.3 Å². The second-order valence-electron chi connectivity index (χ2n) is 9.66. The molecule has 11 heteroatoms. The van der Waals surface area contributed by atoms with Crippen molar-refractivity contribution in [2.24, 2.45) is 0 Å². The Labute approximate surface area is 220 Å². The Morgan fingerprint density at radius 3 is 2.45 bits per heavy atom. The second-order valence-corrected chi connectivity index (χ2v) is 12.0. The van der Waals surface area contributed by atoms with Gasteiger partial charge in [0.25, 0.3) is 5.91 Å². The van der Waals surface area contributed by atoms with Gasteiger partial charge in [-0.25, -0.2) is 17.8 Å². The lowest BCUT2D eigenvalue weighted by Crippen LogP contribution is -2.53. The van der Waals surface area contributed by atoms with Crippen LogP contribution in [0.5, 0.6) is 0 Å². The highest BCUT2D eigenvalue weighted by Crippen LogP contribution is 2.40. The Hall–Kier alpha value is -3.57. The molecule has 2 fully saturated rings. The highest BCUT2D eigenvalue weighted by molar-refractivity contribution is 7.91. The van der Waals surface area contributed by atoms with Crippen LogP contribution in [0.15, 0.2) is 65.4 Å². The van der Waals surface area contributed by atoms with Crippen molar-refractivity contribution in [1.29, 1.82) is 0 Å². The van der Waals surface area contributed by atoms with E-state index in [9.17, 15) is 22.4 Å². The Kier molecular flexibility index (Phi) is 7.57. The maximum absolute atomic E-state index is 13.3. The van der Waals surface area contributed by atoms with Crippen molar-refractivity contribution in [3.05, 3.63) is 77.9 Å². The molecule has 0 spiro atoms. The fraction of sp³-hybridized carbons (Fsp3) is 0.370. The average Bonchev–Trinajstić information content (AvgIpc) is 3.46. The molecule has 2 aliphatic rings. The third-order valence-corrected chi connectivity index (χ3v) is 8.62. The van der Waals surface area contributed by atoms with Crippen LogP contribution in [0, 0.1) is 5.82 Å². The number of nitrogens with one attached hydrogen (secondary N) is 2. The minimum Gasteiger partial charge on any atom is -0.445 e. The van der Waals surface area contributed by atoms with E-state index in [1.165, 1.54) is 29.5 Å². The second kappa shape index (κ2) is 11.0. The number of amides is 2. The van der Waals surface area contributed by atoms with E-state index in [4.69, 9.17) is 4.42 Å². The van der Waals surface area contributed by atoms with Crippen LogP contribution < -0.4 is 10.6 Å². The minimum absolute atomic E-state index is 0.0820. The molecule has 2 heterocycles. The molecule has 1 aromatic heterocycles. The Bertz CT molecular complexity index is 1360. The Morgan fingerprint density at radius 1 is 1.08 bits per heavy atom. The summed E-state index contributed by atoms with van der Waals surface area (Å²) in [6.45, 7) is 0.705. The van der Waals surface area contributed by atoms with Crippen LogP contribution in [0.4, 0.5) is 4.39 Å². The number of hydrogen-bond acceptors (Lipinski definition) is 7. The van der Waals surface area contributed by atoms with E-state index in [-0.39, 0.29) is 48.3 Å². The summed E-state index contributed by atoms with van der Waals surface area (Å²) >= 11 is 0. The number of halogens is 1. The van der Waals surface area contributed by atoms with Crippen molar-refractivity contribution in [3.63, 3.8) is 0 Å². The molecule has 3 atom stereocenters. The molecule has 0 radical (unpaired) electrons. The van der Waals surface area contributed by atoms with Crippen molar-refractivity contribution in [2.75, 3.05) is 31.1 Å². The maximum Gasteiger partial charge on any atom is 0.251 e. The topological polar surface area (TPSA) is 122 Å². The third kappa shape index (κ3) is 6.28. The fourth-order valence-corrected chi connectivity index (χ4v) is 5.90. The van der Waals surface area contributed by atoms with Gasteiger partial charge in [-0.1, -0.05) is 12.1 Å². The summed E-state index contributed by atoms with van der Waals surface area (Å²) in [6, 6.07) is 12.6. The largest absolute Gasteiger partial charge is 0.445 e. The lowest BCUT2D eigenvalue weighted by Gasteiger charge is -2.30. The number of rotatable bonds is 9. The first-order chi connectivity index (χ1) is 18.3. The predicted octanol–water partition coefficient (Wildman–Crippen LogP) is 2.37. The van der Waals surface area contributed by atoms with Gasteiger partial charge in [0, 0.05) is 36.2 Å². The van der Waals surface area contributed by atoms with Crippen LogP contribution in [-0.4, -0.2) is 73.3 Å². The van der Waals surface area contributed by atoms with Crippen molar-refractivity contribution in [1.82, 2.24) is 20.5 Å². The molecule has 1 aliphatic heterocycles. The Balaban J connectivity index is 1.21. The zero-order valence-corrected chi connectivity index (χ0v) is 21.5. The highest BCUT2D eigenvalue weighted by Gasteiger charge is 2.38. The monoisotopic (exact) mass is 540 g/mol. The van der Waals surface area contributed by atoms with Crippen LogP contribution in [0.3, 0.4) is 0 Å². The molecule has 0 unspecified atom stereocenters. The molecule has 2 aromatic carbocycles. The molecule has 38 heavy (non-hydrogen) atoms. The molecule has 5 rings (SSSR count). The SMILES string of the molecule is O=C(N[C@@H](CCN[C@@H]1C[C@H]1c1ccc(F)cc1)C(=O)N1CCS(=O)(=O)CC1)c1ccc(-c2ncco2)cc1. The molecule has 1 aliphatic carbocycles. The fourth-order valence-electron chi connectivity index (χ4n) is 4.69. The summed E-state index contributed by atoms with van der Waals surface area (Å²) < 4.78 is 42.2. The van der Waals surface area contributed by atoms with E-state index in [1.807, 2.05) is 0 Å². The van der Waals surface area contributed by atoms with E-state index < -0.39 is 21.8 Å². The molecular weight excluding hydrogens is 511 g/mol. The third-order valence-electron chi connectivity index (χ3n) is 7.01. The molecule has 9 nitrogen and oxygen atoms in total. The number of benzene rings is 2. The maximum atomic E-state index is 13.3. The van der Waals surface area contributed by atoms with Crippen LogP contribution in [0.25, 0.3) is 11.5 Å². The van der Waals surface area contributed by atoms with Gasteiger partial charge < -0.3 is 20.0 Å². The molecule has 3 aromatic rings. The van der Waals surface area contributed by atoms with Crippen molar-refractivity contribution in [2.45, 2.75) is 30.8 Å². The van der Waals surface area contributed by atoms with Gasteiger partial charge in [0.05, 0.1) is 17.7 Å². The summed E-state index contributed by atoms with van der Waals surface area (Å²) in [6.07, 6.45) is 4.26. The van der Waals surface area contributed by atoms with E-state index in [0.717, 1.165) is 17.5 Å². The molecule has 200 valence electrons. The summed E-state index contributed by atoms with van der Waals surface area (Å²) in [7, 11) is -3.15. The molecular formula is C27H29FN4O5S. The standard InChI is InChI=1S/C27H29FN4O5S/c28-21-7-5-18(6-8-21)22-17-24(22)29-10-9-23(27(34)32-12-15-38(35,36)16-13-32)31-25(33)19-1-3-20(4-2-19)26-30-11-14-37-26/h1-8,11,14,22-24,29H,9-10,12-13,15-17H2,(H,31,33)/t22-,23-,24+/m0/s1. The van der Waals surface area contributed by atoms with E-state index in [2.05, 4.69) is 15.6 Å². The van der Waals surface area contributed by atoms with Gasteiger partial charge in [0.2, 0.25) is 11.8 Å². The number of oxazole rings is 1. The van der Waals surface area contributed by atoms with Crippen molar-refractivity contribution < 1.29 is 26.8 Å². The molecule has 2 amide bonds. The van der Waals surface area contributed by atoms with Gasteiger partial charge in [-0.2, -0.15) is 0 Å². The molecule has 2 N–H and O–H groups in total. The molecule has 1 saturated heterocycles. The predicted molar refractivity (Wildman–Crippen MR) is 139 cm³/mol. The first kappa shape index (κ1) is 26.1. The van der Waals surface area contributed by atoms with E-state index in [0.29, 0.717) is 24.4 Å². The average molecular weight is 541 g/mol. The van der Waals surface area contributed by atoms with E-state index in [1.54, 1.807) is 36.4 Å².